The molecule has 1 nitrogen and oxygen atoms in total. The number of hydrogen-bond acceptors (Lipinski definition) is 2. The molecule has 0 bridgehead atoms. The molecule has 0 fully saturated rings. The third kappa shape index (κ3) is 4.52. The fourth-order valence-electron chi connectivity index (χ4n) is 9.87. The molecule has 13 aromatic rings. The fraction of sp³-hybridized carbons (Fsp3) is 0. The Morgan fingerprint density at radius 3 is 1.60 bits per heavy atom. The van der Waals surface area contributed by atoms with Gasteiger partial charge in [0.15, 0.2) is 0 Å². The lowest BCUT2D eigenvalue weighted by Gasteiger charge is -2.20. The summed E-state index contributed by atoms with van der Waals surface area (Å²) in [7, 11) is 0. The molecule has 0 saturated carbocycles. The fourth-order valence-corrected chi connectivity index (χ4v) is 11.1. The van der Waals surface area contributed by atoms with Crippen LogP contribution in [0.4, 0.5) is 0 Å². The molecule has 0 unspecified atom stereocenters. The molecule has 0 N–H and O–H groups in total. The zero-order chi connectivity index (χ0) is 37.9. The molecule has 2 heterocycles. The zero-order valence-corrected chi connectivity index (χ0v) is 32.1. The summed E-state index contributed by atoms with van der Waals surface area (Å²) < 4.78 is 8.84. The molecular formula is C56H32OS. The van der Waals surface area contributed by atoms with Crippen LogP contribution in [0, 0.1) is 0 Å². The molecule has 0 aliphatic heterocycles. The summed E-state index contributed by atoms with van der Waals surface area (Å²) in [6, 6.07) is 71.6. The quantitative estimate of drug-likeness (QED) is 0.164. The maximum Gasteiger partial charge on any atom is 0.136 e. The van der Waals surface area contributed by atoms with E-state index in [1.807, 2.05) is 17.4 Å². The third-order valence-electron chi connectivity index (χ3n) is 12.4. The van der Waals surface area contributed by atoms with Gasteiger partial charge in [-0.1, -0.05) is 170 Å². The number of hydrogen-bond donors (Lipinski definition) is 0. The maximum atomic E-state index is 6.27. The molecule has 2 aromatic heterocycles. The van der Waals surface area contributed by atoms with Crippen LogP contribution in [0.25, 0.3) is 129 Å². The molecule has 2 heteroatoms. The first-order valence-electron chi connectivity index (χ1n) is 19.9. The van der Waals surface area contributed by atoms with Crippen LogP contribution < -0.4 is 0 Å². The molecule has 11 aromatic carbocycles. The van der Waals surface area contributed by atoms with Gasteiger partial charge >= 0.3 is 0 Å². The minimum absolute atomic E-state index is 0.939. The van der Waals surface area contributed by atoms with Crippen molar-refractivity contribution >= 4 is 107 Å². The summed E-state index contributed by atoms with van der Waals surface area (Å²) in [6.45, 7) is 0. The van der Waals surface area contributed by atoms with E-state index < -0.39 is 0 Å². The number of furan rings is 1. The van der Waals surface area contributed by atoms with Gasteiger partial charge in [-0.25, -0.2) is 0 Å². The standard InChI is InChI=1S/C56H32OS/c1-2-14-36-33(12-1)13-11-22-42(36)54-43-18-5-7-20-45(43)55(46-21-8-6-19-44(46)54)47-29-28-37(39-15-3-4-16-40(39)47)34-24-26-38-35(30-34)25-27-48-50-31-49-41-17-9-10-23-51(41)57-52(49)32-53(50)58-56(38)48/h1-32H. The van der Waals surface area contributed by atoms with Crippen LogP contribution in [0.2, 0.25) is 0 Å². The van der Waals surface area contributed by atoms with Crippen molar-refractivity contribution in [1.82, 2.24) is 0 Å². The predicted molar refractivity (Wildman–Crippen MR) is 250 cm³/mol. The van der Waals surface area contributed by atoms with E-state index in [0.29, 0.717) is 0 Å². The SMILES string of the molecule is c1ccc2c(-c3c4ccccc4c(-c4ccc(-c5ccc6c(ccc7c8cc9c(cc8sc67)oc6ccccc69)c5)c5ccccc45)c4ccccc34)cccc2c1. The Balaban J connectivity index is 0.998. The van der Waals surface area contributed by atoms with E-state index in [4.69, 9.17) is 4.42 Å². The van der Waals surface area contributed by atoms with Crippen molar-refractivity contribution in [1.29, 1.82) is 0 Å². The van der Waals surface area contributed by atoms with Gasteiger partial charge in [0.1, 0.15) is 11.2 Å². The molecular weight excluding hydrogens is 721 g/mol. The Bertz CT molecular complexity index is 3800. The van der Waals surface area contributed by atoms with Gasteiger partial charge < -0.3 is 4.42 Å². The zero-order valence-electron chi connectivity index (χ0n) is 31.3. The van der Waals surface area contributed by atoms with Gasteiger partial charge in [0.2, 0.25) is 0 Å². The lowest BCUT2D eigenvalue weighted by molar-refractivity contribution is 0.669. The van der Waals surface area contributed by atoms with Gasteiger partial charge in [-0.05, 0) is 112 Å². The van der Waals surface area contributed by atoms with E-state index in [9.17, 15) is 0 Å². The number of thiophene rings is 1. The third-order valence-corrected chi connectivity index (χ3v) is 13.6. The van der Waals surface area contributed by atoms with Gasteiger partial charge in [-0.15, -0.1) is 11.3 Å². The molecule has 0 spiro atoms. The number of rotatable bonds is 3. The first kappa shape index (κ1) is 31.9. The molecule has 13 rings (SSSR count). The highest BCUT2D eigenvalue weighted by atomic mass is 32.1. The predicted octanol–water partition coefficient (Wildman–Crippen LogP) is 16.7. The summed E-state index contributed by atoms with van der Waals surface area (Å²) in [5.74, 6) is 0. The largest absolute Gasteiger partial charge is 0.456 e. The molecule has 0 atom stereocenters. The van der Waals surface area contributed by atoms with E-state index in [0.717, 1.165) is 11.2 Å². The smallest absolute Gasteiger partial charge is 0.136 e. The van der Waals surface area contributed by atoms with Crippen molar-refractivity contribution in [2.24, 2.45) is 0 Å². The van der Waals surface area contributed by atoms with Crippen molar-refractivity contribution in [3.8, 4) is 33.4 Å². The Morgan fingerprint density at radius 2 is 0.862 bits per heavy atom. The second-order valence-electron chi connectivity index (χ2n) is 15.5. The number of fused-ring (bicyclic) bond motifs is 12. The van der Waals surface area contributed by atoms with Crippen LogP contribution in [0.1, 0.15) is 0 Å². The highest BCUT2D eigenvalue weighted by molar-refractivity contribution is 7.26. The van der Waals surface area contributed by atoms with E-state index >= 15 is 0 Å². The van der Waals surface area contributed by atoms with Crippen molar-refractivity contribution in [2.75, 3.05) is 0 Å². The first-order chi connectivity index (χ1) is 28.8. The molecule has 268 valence electrons. The average molecular weight is 753 g/mol. The molecule has 0 radical (unpaired) electrons. The summed E-state index contributed by atoms with van der Waals surface area (Å²) in [5, 5.41) is 17.6. The Labute approximate surface area is 337 Å². The van der Waals surface area contributed by atoms with Crippen LogP contribution in [-0.4, -0.2) is 0 Å². The van der Waals surface area contributed by atoms with Crippen LogP contribution in [-0.2, 0) is 0 Å². The van der Waals surface area contributed by atoms with Gasteiger partial charge in [-0.3, -0.25) is 0 Å². The van der Waals surface area contributed by atoms with Crippen molar-refractivity contribution < 1.29 is 4.42 Å². The van der Waals surface area contributed by atoms with Crippen molar-refractivity contribution in [2.45, 2.75) is 0 Å². The highest BCUT2D eigenvalue weighted by Gasteiger charge is 2.20. The van der Waals surface area contributed by atoms with Gasteiger partial charge in [-0.2, -0.15) is 0 Å². The monoisotopic (exact) mass is 752 g/mol. The average Bonchev–Trinajstić information content (AvgIpc) is 3.84. The van der Waals surface area contributed by atoms with Crippen molar-refractivity contribution in [3.05, 3.63) is 194 Å². The Hall–Kier alpha value is -7.26. The second kappa shape index (κ2) is 12.1. The summed E-state index contributed by atoms with van der Waals surface area (Å²) >= 11 is 1.86. The molecule has 0 amide bonds. The van der Waals surface area contributed by atoms with Gasteiger partial charge in [0.25, 0.3) is 0 Å². The van der Waals surface area contributed by atoms with Crippen LogP contribution in [0.15, 0.2) is 199 Å². The van der Waals surface area contributed by atoms with Gasteiger partial charge in [0, 0.05) is 30.9 Å². The number of para-hydroxylation sites is 1. The van der Waals surface area contributed by atoms with Crippen LogP contribution in [0.5, 0.6) is 0 Å². The van der Waals surface area contributed by atoms with E-state index in [1.165, 1.54) is 118 Å². The topological polar surface area (TPSA) is 13.1 Å². The summed E-state index contributed by atoms with van der Waals surface area (Å²) in [4.78, 5) is 0. The van der Waals surface area contributed by atoms with Crippen LogP contribution >= 0.6 is 11.3 Å². The number of benzene rings is 11. The summed E-state index contributed by atoms with van der Waals surface area (Å²) in [5.41, 5.74) is 9.44. The lowest BCUT2D eigenvalue weighted by atomic mass is 9.83. The first-order valence-corrected chi connectivity index (χ1v) is 20.7. The van der Waals surface area contributed by atoms with E-state index in [-0.39, 0.29) is 0 Å². The molecule has 0 aliphatic rings. The summed E-state index contributed by atoms with van der Waals surface area (Å²) in [6.07, 6.45) is 0. The lowest BCUT2D eigenvalue weighted by Crippen LogP contribution is -1.93. The van der Waals surface area contributed by atoms with Gasteiger partial charge in [0.05, 0.1) is 0 Å². The Kier molecular flexibility index (Phi) is 6.66. The molecule has 0 aliphatic carbocycles. The highest BCUT2D eigenvalue weighted by Crippen LogP contribution is 2.48. The normalized spacial score (nSPS) is 12.1. The van der Waals surface area contributed by atoms with E-state index in [1.54, 1.807) is 0 Å². The van der Waals surface area contributed by atoms with Crippen LogP contribution in [0.3, 0.4) is 0 Å². The minimum atomic E-state index is 0.939. The maximum absolute atomic E-state index is 6.27. The minimum Gasteiger partial charge on any atom is -0.456 e. The Morgan fingerprint density at radius 1 is 0.293 bits per heavy atom. The van der Waals surface area contributed by atoms with Crippen molar-refractivity contribution in [3.63, 3.8) is 0 Å². The molecule has 58 heavy (non-hydrogen) atoms. The second-order valence-corrected chi connectivity index (χ2v) is 16.5. The van der Waals surface area contributed by atoms with E-state index in [2.05, 4.69) is 188 Å². The molecule has 0 saturated heterocycles.